The number of nitrogen functional groups attached to an aromatic ring is 1. The second kappa shape index (κ2) is 6.33. The van der Waals surface area contributed by atoms with Gasteiger partial charge in [0.1, 0.15) is 5.69 Å². The van der Waals surface area contributed by atoms with Crippen molar-refractivity contribution in [2.75, 3.05) is 12.3 Å². The first-order valence-corrected chi connectivity index (χ1v) is 6.17. The number of aromatic nitrogens is 1. The molecule has 0 fully saturated rings. The van der Waals surface area contributed by atoms with Crippen molar-refractivity contribution >= 4 is 11.7 Å². The number of esters is 1. The van der Waals surface area contributed by atoms with Crippen LogP contribution < -0.4 is 5.73 Å². The molecule has 96 valence electrons. The van der Waals surface area contributed by atoms with Gasteiger partial charge in [-0.15, -0.1) is 0 Å². The molecule has 0 atom stereocenters. The molecule has 17 heavy (non-hydrogen) atoms. The van der Waals surface area contributed by atoms with Gasteiger partial charge in [-0.1, -0.05) is 13.8 Å². The first kappa shape index (κ1) is 13.6. The van der Waals surface area contributed by atoms with E-state index in [0.29, 0.717) is 30.5 Å². The van der Waals surface area contributed by atoms with Crippen molar-refractivity contribution < 1.29 is 9.53 Å². The van der Waals surface area contributed by atoms with Crippen LogP contribution in [0.25, 0.3) is 0 Å². The Morgan fingerprint density at radius 2 is 2.24 bits per heavy atom. The molecule has 0 aliphatic carbocycles. The first-order valence-electron chi connectivity index (χ1n) is 6.17. The molecule has 4 nitrogen and oxygen atoms in total. The summed E-state index contributed by atoms with van der Waals surface area (Å²) >= 11 is 0. The average Bonchev–Trinajstić information content (AvgIpc) is 2.65. The number of ether oxygens (including phenoxy) is 1. The number of carbonyl (C=O) groups excluding carboxylic acids is 1. The molecule has 0 aromatic carbocycles. The zero-order chi connectivity index (χ0) is 12.8. The number of hydrogen-bond acceptors (Lipinski definition) is 3. The van der Waals surface area contributed by atoms with Gasteiger partial charge in [0, 0.05) is 12.7 Å². The molecule has 0 amide bonds. The van der Waals surface area contributed by atoms with Crippen molar-refractivity contribution in [3.63, 3.8) is 0 Å². The third-order valence-corrected chi connectivity index (χ3v) is 2.63. The predicted octanol–water partition coefficient (Wildman–Crippen LogP) is 2.68. The van der Waals surface area contributed by atoms with E-state index in [1.54, 1.807) is 16.8 Å². The largest absolute Gasteiger partial charge is 0.461 e. The van der Waals surface area contributed by atoms with Crippen molar-refractivity contribution in [2.24, 2.45) is 5.92 Å². The lowest BCUT2D eigenvalue weighted by Crippen LogP contribution is -2.12. The van der Waals surface area contributed by atoms with Crippen LogP contribution in [-0.4, -0.2) is 17.1 Å². The highest BCUT2D eigenvalue weighted by atomic mass is 16.5. The van der Waals surface area contributed by atoms with Gasteiger partial charge in [-0.25, -0.2) is 4.79 Å². The quantitative estimate of drug-likeness (QED) is 0.612. The number of carbonyl (C=O) groups is 1. The summed E-state index contributed by atoms with van der Waals surface area (Å²) in [7, 11) is 0. The molecule has 0 aliphatic heterocycles. The highest BCUT2D eigenvalue weighted by molar-refractivity contribution is 5.89. The van der Waals surface area contributed by atoms with Crippen LogP contribution >= 0.6 is 0 Å². The zero-order valence-electron chi connectivity index (χ0n) is 10.9. The summed E-state index contributed by atoms with van der Waals surface area (Å²) in [5.41, 5.74) is 6.79. The fourth-order valence-corrected chi connectivity index (χ4v) is 1.70. The summed E-state index contributed by atoms with van der Waals surface area (Å²) in [6.07, 6.45) is 3.74. The number of aryl methyl sites for hydroxylation is 1. The average molecular weight is 238 g/mol. The van der Waals surface area contributed by atoms with Crippen LogP contribution in [-0.2, 0) is 11.3 Å². The molecule has 1 aromatic rings. The van der Waals surface area contributed by atoms with Gasteiger partial charge in [-0.3, -0.25) is 0 Å². The minimum absolute atomic E-state index is 0.285. The summed E-state index contributed by atoms with van der Waals surface area (Å²) in [5.74, 6) is 0.358. The maximum Gasteiger partial charge on any atom is 0.355 e. The molecule has 0 saturated carbocycles. The number of anilines is 1. The summed E-state index contributed by atoms with van der Waals surface area (Å²) in [6.45, 7) is 7.48. The maximum atomic E-state index is 11.8. The fraction of sp³-hybridized carbons (Fsp3) is 0.615. The van der Waals surface area contributed by atoms with Crippen molar-refractivity contribution in [3.8, 4) is 0 Å². The van der Waals surface area contributed by atoms with Gasteiger partial charge in [-0.05, 0) is 31.7 Å². The normalized spacial score (nSPS) is 10.8. The molecule has 4 heteroatoms. The number of rotatable bonds is 6. The Morgan fingerprint density at radius 1 is 1.53 bits per heavy atom. The van der Waals surface area contributed by atoms with Crippen molar-refractivity contribution in [1.82, 2.24) is 4.57 Å². The van der Waals surface area contributed by atoms with Crippen LogP contribution in [0.3, 0.4) is 0 Å². The van der Waals surface area contributed by atoms with Gasteiger partial charge in [0.2, 0.25) is 0 Å². The molecule has 0 bridgehead atoms. The fourth-order valence-electron chi connectivity index (χ4n) is 1.70. The zero-order valence-corrected chi connectivity index (χ0v) is 10.9. The number of nitrogens with zero attached hydrogens (tertiary/aromatic N) is 1. The highest BCUT2D eigenvalue weighted by Crippen LogP contribution is 2.12. The molecule has 1 rings (SSSR count). The number of hydrogen-bond donors (Lipinski definition) is 1. The molecule has 0 radical (unpaired) electrons. The first-order chi connectivity index (χ1) is 8.04. The van der Waals surface area contributed by atoms with E-state index in [1.807, 2.05) is 6.92 Å². The lowest BCUT2D eigenvalue weighted by Gasteiger charge is -2.08. The minimum Gasteiger partial charge on any atom is -0.461 e. The van der Waals surface area contributed by atoms with E-state index in [2.05, 4.69) is 13.8 Å². The second-order valence-electron chi connectivity index (χ2n) is 4.62. The Balaban J connectivity index is 2.46. The van der Waals surface area contributed by atoms with Crippen LogP contribution in [0, 0.1) is 5.92 Å². The monoisotopic (exact) mass is 238 g/mol. The van der Waals surface area contributed by atoms with E-state index in [9.17, 15) is 4.79 Å². The van der Waals surface area contributed by atoms with Crippen molar-refractivity contribution in [3.05, 3.63) is 18.0 Å². The molecular weight excluding hydrogens is 216 g/mol. The highest BCUT2D eigenvalue weighted by Gasteiger charge is 2.13. The van der Waals surface area contributed by atoms with Gasteiger partial charge in [0.15, 0.2) is 0 Å². The minimum atomic E-state index is -0.285. The summed E-state index contributed by atoms with van der Waals surface area (Å²) in [5, 5.41) is 0. The van der Waals surface area contributed by atoms with Crippen LogP contribution in [0.5, 0.6) is 0 Å². The molecule has 0 aliphatic rings. The summed E-state index contributed by atoms with van der Waals surface area (Å²) in [4.78, 5) is 11.8. The van der Waals surface area contributed by atoms with Crippen molar-refractivity contribution in [2.45, 2.75) is 40.2 Å². The standard InChI is InChI=1S/C13H22N2O2/c1-4-15-9-11(14)8-12(15)13(16)17-7-5-6-10(2)3/h8-10H,4-7,14H2,1-3H3. The van der Waals surface area contributed by atoms with E-state index >= 15 is 0 Å². The SMILES string of the molecule is CCn1cc(N)cc1C(=O)OCCCC(C)C. The third-order valence-electron chi connectivity index (χ3n) is 2.63. The Labute approximate surface area is 103 Å². The Hall–Kier alpha value is -1.45. The Bertz CT molecular complexity index is 369. The van der Waals surface area contributed by atoms with E-state index in [4.69, 9.17) is 10.5 Å². The summed E-state index contributed by atoms with van der Waals surface area (Å²) in [6, 6.07) is 1.66. The lowest BCUT2D eigenvalue weighted by atomic mass is 10.1. The van der Waals surface area contributed by atoms with Gasteiger partial charge in [0.05, 0.1) is 12.3 Å². The molecule has 0 unspecified atom stereocenters. The van der Waals surface area contributed by atoms with E-state index in [1.165, 1.54) is 0 Å². The van der Waals surface area contributed by atoms with Gasteiger partial charge >= 0.3 is 5.97 Å². The molecule has 1 heterocycles. The topological polar surface area (TPSA) is 57.2 Å². The van der Waals surface area contributed by atoms with Crippen LogP contribution in [0.4, 0.5) is 5.69 Å². The Morgan fingerprint density at radius 3 is 2.82 bits per heavy atom. The van der Waals surface area contributed by atoms with E-state index in [0.717, 1.165) is 12.8 Å². The van der Waals surface area contributed by atoms with E-state index < -0.39 is 0 Å². The van der Waals surface area contributed by atoms with Crippen LogP contribution in [0.2, 0.25) is 0 Å². The number of nitrogens with two attached hydrogens (primary N) is 1. The van der Waals surface area contributed by atoms with Crippen molar-refractivity contribution in [1.29, 1.82) is 0 Å². The Kier molecular flexibility index (Phi) is 5.07. The molecule has 1 aromatic heterocycles. The maximum absolute atomic E-state index is 11.8. The summed E-state index contributed by atoms with van der Waals surface area (Å²) < 4.78 is 7.02. The van der Waals surface area contributed by atoms with Gasteiger partial charge in [0.25, 0.3) is 0 Å². The smallest absolute Gasteiger partial charge is 0.355 e. The molecule has 2 N–H and O–H groups in total. The van der Waals surface area contributed by atoms with E-state index in [-0.39, 0.29) is 5.97 Å². The van der Waals surface area contributed by atoms with Gasteiger partial charge in [-0.2, -0.15) is 0 Å². The lowest BCUT2D eigenvalue weighted by molar-refractivity contribution is 0.0482. The predicted molar refractivity (Wildman–Crippen MR) is 68.9 cm³/mol. The van der Waals surface area contributed by atoms with Gasteiger partial charge < -0.3 is 15.0 Å². The third kappa shape index (κ3) is 4.13. The van der Waals surface area contributed by atoms with Crippen LogP contribution in [0.1, 0.15) is 44.1 Å². The van der Waals surface area contributed by atoms with Crippen LogP contribution in [0.15, 0.2) is 12.3 Å². The molecule has 0 saturated heterocycles. The molecular formula is C13H22N2O2. The molecule has 0 spiro atoms. The second-order valence-corrected chi connectivity index (χ2v) is 4.62.